The van der Waals surface area contributed by atoms with E-state index in [1.165, 1.54) is 0 Å². The smallest absolute Gasteiger partial charge is 0.295 e. The lowest BCUT2D eigenvalue weighted by molar-refractivity contribution is -0.729. The normalized spacial score (nSPS) is 13.2. The number of halogens is 2. The molecule has 1 N–H and O–H groups in total. The number of rotatable bonds is 0. The molecule has 1 aromatic heterocycles. The summed E-state index contributed by atoms with van der Waals surface area (Å²) >= 11 is 5.66. The Balaban J connectivity index is 0.000000605. The first kappa shape index (κ1) is 8.56. The van der Waals surface area contributed by atoms with E-state index in [9.17, 15) is 0 Å². The minimum Gasteiger partial charge on any atom is -1.00 e. The Kier molecular flexibility index (Phi) is 2.52. The molecule has 1 aromatic rings. The minimum absolute atomic E-state index is 0. The van der Waals surface area contributed by atoms with Crippen LogP contribution in [-0.2, 0) is 6.54 Å². The van der Waals surface area contributed by atoms with Crippen molar-refractivity contribution in [3.8, 4) is 0 Å². The van der Waals surface area contributed by atoms with E-state index < -0.39 is 0 Å². The van der Waals surface area contributed by atoms with E-state index in [0.29, 0.717) is 5.15 Å². The van der Waals surface area contributed by atoms with Crippen molar-refractivity contribution in [3.63, 3.8) is 0 Å². The molecule has 0 unspecified atom stereocenters. The van der Waals surface area contributed by atoms with Crippen molar-refractivity contribution in [1.29, 1.82) is 0 Å². The SMILES string of the molecule is Clc1ccc2[n+](n1)CCN2.[Cl-]. The minimum atomic E-state index is 0. The van der Waals surface area contributed by atoms with Crippen molar-refractivity contribution >= 4 is 17.4 Å². The van der Waals surface area contributed by atoms with Crippen LogP contribution < -0.4 is 22.4 Å². The molecule has 2 heterocycles. The topological polar surface area (TPSA) is 28.8 Å². The maximum atomic E-state index is 5.66. The summed E-state index contributed by atoms with van der Waals surface area (Å²) in [4.78, 5) is 0. The zero-order valence-corrected chi connectivity index (χ0v) is 7.23. The van der Waals surface area contributed by atoms with Gasteiger partial charge in [0.1, 0.15) is 6.54 Å². The van der Waals surface area contributed by atoms with Crippen LogP contribution in [0.1, 0.15) is 0 Å². The molecule has 0 radical (unpaired) electrons. The fraction of sp³-hybridized carbons (Fsp3) is 0.333. The van der Waals surface area contributed by atoms with Crippen LogP contribution >= 0.6 is 11.6 Å². The van der Waals surface area contributed by atoms with Gasteiger partial charge in [0.25, 0.3) is 5.82 Å². The average Bonchev–Trinajstić information content (AvgIpc) is 2.33. The molecule has 1 aliphatic heterocycles. The quantitative estimate of drug-likeness (QED) is 0.458. The molecule has 0 aromatic carbocycles. The molecule has 0 spiro atoms. The summed E-state index contributed by atoms with van der Waals surface area (Å²) in [6, 6.07) is 3.72. The highest BCUT2D eigenvalue weighted by molar-refractivity contribution is 6.29. The van der Waals surface area contributed by atoms with Crippen LogP contribution in [0.15, 0.2) is 12.1 Å². The van der Waals surface area contributed by atoms with Gasteiger partial charge in [-0.15, -0.1) is 4.68 Å². The predicted molar refractivity (Wildman–Crippen MR) is 37.9 cm³/mol. The molecule has 0 atom stereocenters. The first-order valence-corrected chi connectivity index (χ1v) is 3.54. The van der Waals surface area contributed by atoms with Gasteiger partial charge in [-0.25, -0.2) is 0 Å². The molecule has 60 valence electrons. The lowest BCUT2D eigenvalue weighted by Crippen LogP contribution is -3.00. The number of hydrogen-bond acceptors (Lipinski definition) is 2. The Bertz CT molecular complexity index is 264. The summed E-state index contributed by atoms with van der Waals surface area (Å²) in [5.41, 5.74) is 0. The molecule has 0 fully saturated rings. The van der Waals surface area contributed by atoms with Crippen molar-refractivity contribution in [3.05, 3.63) is 17.3 Å². The van der Waals surface area contributed by atoms with E-state index in [0.717, 1.165) is 18.9 Å². The van der Waals surface area contributed by atoms with E-state index in [-0.39, 0.29) is 12.4 Å². The molecule has 0 aliphatic carbocycles. The monoisotopic (exact) mass is 191 g/mol. The van der Waals surface area contributed by atoms with Crippen molar-refractivity contribution in [2.75, 3.05) is 11.9 Å². The zero-order valence-electron chi connectivity index (χ0n) is 5.72. The summed E-state index contributed by atoms with van der Waals surface area (Å²) in [7, 11) is 0. The third-order valence-corrected chi connectivity index (χ3v) is 1.70. The van der Waals surface area contributed by atoms with Crippen molar-refractivity contribution in [1.82, 2.24) is 5.10 Å². The van der Waals surface area contributed by atoms with Gasteiger partial charge in [-0.2, -0.15) is 0 Å². The van der Waals surface area contributed by atoms with Crippen LogP contribution in [0.2, 0.25) is 5.15 Å². The lowest BCUT2D eigenvalue weighted by Gasteiger charge is -1.90. The van der Waals surface area contributed by atoms with Gasteiger partial charge < -0.3 is 12.4 Å². The molecule has 0 saturated carbocycles. The summed E-state index contributed by atoms with van der Waals surface area (Å²) in [6.07, 6.45) is 0. The lowest BCUT2D eigenvalue weighted by atomic mass is 10.5. The van der Waals surface area contributed by atoms with E-state index in [2.05, 4.69) is 10.4 Å². The van der Waals surface area contributed by atoms with Gasteiger partial charge >= 0.3 is 0 Å². The van der Waals surface area contributed by atoms with Gasteiger partial charge in [0.05, 0.1) is 0 Å². The Morgan fingerprint density at radius 3 is 3.18 bits per heavy atom. The molecule has 0 amide bonds. The van der Waals surface area contributed by atoms with Crippen LogP contribution in [0.4, 0.5) is 5.82 Å². The van der Waals surface area contributed by atoms with Crippen molar-refractivity contribution in [2.24, 2.45) is 0 Å². The van der Waals surface area contributed by atoms with Crippen molar-refractivity contribution in [2.45, 2.75) is 6.54 Å². The fourth-order valence-corrected chi connectivity index (χ4v) is 1.20. The average molecular weight is 192 g/mol. The zero-order chi connectivity index (χ0) is 6.97. The van der Waals surface area contributed by atoms with Crippen LogP contribution in [0.5, 0.6) is 0 Å². The largest absolute Gasteiger partial charge is 1.00 e. The number of nitrogens with zero attached hydrogens (tertiary/aromatic N) is 2. The summed E-state index contributed by atoms with van der Waals surface area (Å²) in [6.45, 7) is 1.86. The highest BCUT2D eigenvalue weighted by Gasteiger charge is 2.17. The van der Waals surface area contributed by atoms with E-state index >= 15 is 0 Å². The van der Waals surface area contributed by atoms with Gasteiger partial charge in [0, 0.05) is 6.07 Å². The summed E-state index contributed by atoms with van der Waals surface area (Å²) in [5.74, 6) is 1.05. The van der Waals surface area contributed by atoms with Crippen LogP contribution in [-0.4, -0.2) is 11.6 Å². The van der Waals surface area contributed by atoms with Crippen molar-refractivity contribution < 1.29 is 17.1 Å². The summed E-state index contributed by atoms with van der Waals surface area (Å²) in [5, 5.41) is 7.79. The first-order chi connectivity index (χ1) is 4.86. The standard InChI is InChI=1S/C6H6ClN3.ClH/c7-5-1-2-6-8-3-4-10(6)9-5;/h1-2H,3-4H2;1H. The van der Waals surface area contributed by atoms with E-state index in [4.69, 9.17) is 11.6 Å². The van der Waals surface area contributed by atoms with Gasteiger partial charge in [-0.3, -0.25) is 5.32 Å². The van der Waals surface area contributed by atoms with E-state index in [1.807, 2.05) is 10.7 Å². The molecule has 3 nitrogen and oxygen atoms in total. The van der Waals surface area contributed by atoms with Gasteiger partial charge in [-0.05, 0) is 6.07 Å². The molecule has 2 rings (SSSR count). The second-order valence-electron chi connectivity index (χ2n) is 2.19. The predicted octanol–water partition coefficient (Wildman–Crippen LogP) is -2.55. The highest BCUT2D eigenvalue weighted by atomic mass is 35.5. The molecule has 0 bridgehead atoms. The molecule has 11 heavy (non-hydrogen) atoms. The molecular weight excluding hydrogens is 185 g/mol. The molecule has 0 saturated heterocycles. The third kappa shape index (κ3) is 1.54. The van der Waals surface area contributed by atoms with Gasteiger partial charge in [0.15, 0.2) is 11.7 Å². The summed E-state index contributed by atoms with van der Waals surface area (Å²) < 4.78 is 1.86. The Morgan fingerprint density at radius 1 is 1.55 bits per heavy atom. The number of hydrogen-bond donors (Lipinski definition) is 1. The van der Waals surface area contributed by atoms with Gasteiger partial charge in [0.2, 0.25) is 0 Å². The van der Waals surface area contributed by atoms with Crippen LogP contribution in [0, 0.1) is 0 Å². The number of fused-ring (bicyclic) bond motifs is 1. The number of anilines is 1. The number of aromatic nitrogens is 2. The Morgan fingerprint density at radius 2 is 2.36 bits per heavy atom. The molecule has 5 heteroatoms. The first-order valence-electron chi connectivity index (χ1n) is 3.17. The van der Waals surface area contributed by atoms with Crippen LogP contribution in [0.3, 0.4) is 0 Å². The second-order valence-corrected chi connectivity index (χ2v) is 2.58. The second kappa shape index (κ2) is 3.24. The number of nitrogens with one attached hydrogen (secondary N) is 1. The maximum absolute atomic E-state index is 5.66. The fourth-order valence-electron chi connectivity index (χ4n) is 1.05. The maximum Gasteiger partial charge on any atom is 0.295 e. The van der Waals surface area contributed by atoms with E-state index in [1.54, 1.807) is 6.07 Å². The van der Waals surface area contributed by atoms with Crippen LogP contribution in [0.25, 0.3) is 0 Å². The Hall–Kier alpha value is -0.540. The Labute approximate surface area is 75.8 Å². The molecular formula is C6H7Cl2N3. The molecule has 1 aliphatic rings. The van der Waals surface area contributed by atoms with Gasteiger partial charge in [-0.1, -0.05) is 16.7 Å². The third-order valence-electron chi connectivity index (χ3n) is 1.50. The highest BCUT2D eigenvalue weighted by Crippen LogP contribution is 2.06.